The molecule has 0 aliphatic heterocycles. The summed E-state index contributed by atoms with van der Waals surface area (Å²) in [4.78, 5) is 13.4. The number of carboxylic acids is 1. The lowest BCUT2D eigenvalue weighted by Crippen LogP contribution is -2.21. The Labute approximate surface area is 154 Å². The van der Waals surface area contributed by atoms with E-state index in [0.29, 0.717) is 16.8 Å². The number of aryl methyl sites for hydroxylation is 1. The van der Waals surface area contributed by atoms with Crippen molar-refractivity contribution in [3.05, 3.63) is 53.1 Å². The van der Waals surface area contributed by atoms with Crippen LogP contribution in [-0.4, -0.2) is 32.6 Å². The number of anilines is 2. The van der Waals surface area contributed by atoms with Crippen molar-refractivity contribution in [2.75, 3.05) is 22.7 Å². The predicted molar refractivity (Wildman–Crippen MR) is 104 cm³/mol. The molecule has 0 bridgehead atoms. The molecule has 0 amide bonds. The molecular formula is C19H24N2O4S. The van der Waals surface area contributed by atoms with E-state index in [9.17, 15) is 18.3 Å². The standard InChI is InChI=1S/C19H24N2O4S/c1-5-21(6-2)17-9-7-16(8-10-17)20-26(24,25)18-12-15(19(22)23)11-13(3)14(18)4/h7-12,20H,5-6H2,1-4H3,(H,22,23). The Balaban J connectivity index is 2.36. The van der Waals surface area contributed by atoms with E-state index in [1.807, 2.05) is 12.1 Å². The van der Waals surface area contributed by atoms with E-state index in [1.165, 1.54) is 12.1 Å². The lowest BCUT2D eigenvalue weighted by molar-refractivity contribution is 0.0696. The zero-order valence-corrected chi connectivity index (χ0v) is 16.2. The van der Waals surface area contributed by atoms with Gasteiger partial charge in [0.2, 0.25) is 0 Å². The minimum absolute atomic E-state index is 0.0253. The van der Waals surface area contributed by atoms with E-state index in [1.54, 1.807) is 26.0 Å². The Kier molecular flexibility index (Phi) is 5.92. The summed E-state index contributed by atoms with van der Waals surface area (Å²) >= 11 is 0. The van der Waals surface area contributed by atoms with Crippen LogP contribution in [0.4, 0.5) is 11.4 Å². The Morgan fingerprint density at radius 2 is 1.65 bits per heavy atom. The molecular weight excluding hydrogens is 352 g/mol. The van der Waals surface area contributed by atoms with Crippen LogP contribution in [0.2, 0.25) is 0 Å². The number of hydrogen-bond acceptors (Lipinski definition) is 4. The molecule has 0 fully saturated rings. The number of benzene rings is 2. The highest BCUT2D eigenvalue weighted by Gasteiger charge is 2.21. The summed E-state index contributed by atoms with van der Waals surface area (Å²) in [5, 5.41) is 9.19. The second kappa shape index (κ2) is 7.78. The third-order valence-corrected chi connectivity index (χ3v) is 5.91. The summed E-state index contributed by atoms with van der Waals surface area (Å²) in [6.45, 7) is 9.20. The molecule has 2 aromatic carbocycles. The van der Waals surface area contributed by atoms with E-state index in [4.69, 9.17) is 0 Å². The van der Waals surface area contributed by atoms with Gasteiger partial charge in [-0.25, -0.2) is 13.2 Å². The van der Waals surface area contributed by atoms with Crippen LogP contribution in [-0.2, 0) is 10.0 Å². The van der Waals surface area contributed by atoms with Crippen molar-refractivity contribution in [1.82, 2.24) is 0 Å². The number of sulfonamides is 1. The van der Waals surface area contributed by atoms with Crippen LogP contribution in [0.15, 0.2) is 41.3 Å². The average molecular weight is 376 g/mol. The SMILES string of the molecule is CCN(CC)c1ccc(NS(=O)(=O)c2cc(C(=O)O)cc(C)c2C)cc1. The first-order chi connectivity index (χ1) is 12.2. The fourth-order valence-electron chi connectivity index (χ4n) is 2.77. The van der Waals surface area contributed by atoms with Gasteiger partial charge in [-0.3, -0.25) is 4.72 Å². The summed E-state index contributed by atoms with van der Waals surface area (Å²) < 4.78 is 28.1. The van der Waals surface area contributed by atoms with Crippen molar-refractivity contribution in [3.8, 4) is 0 Å². The Hall–Kier alpha value is -2.54. The van der Waals surface area contributed by atoms with Gasteiger partial charge >= 0.3 is 5.97 Å². The van der Waals surface area contributed by atoms with Crippen molar-refractivity contribution in [1.29, 1.82) is 0 Å². The van der Waals surface area contributed by atoms with Gasteiger partial charge in [0.1, 0.15) is 0 Å². The minimum Gasteiger partial charge on any atom is -0.478 e. The van der Waals surface area contributed by atoms with Gasteiger partial charge in [0, 0.05) is 24.5 Å². The third kappa shape index (κ3) is 4.16. The number of nitrogens with zero attached hydrogens (tertiary/aromatic N) is 1. The van der Waals surface area contributed by atoms with Crippen molar-refractivity contribution in [3.63, 3.8) is 0 Å². The number of hydrogen-bond donors (Lipinski definition) is 2. The molecule has 6 nitrogen and oxygen atoms in total. The van der Waals surface area contributed by atoms with E-state index in [2.05, 4.69) is 23.5 Å². The van der Waals surface area contributed by atoms with Crippen LogP contribution in [0.3, 0.4) is 0 Å². The molecule has 26 heavy (non-hydrogen) atoms. The zero-order valence-electron chi connectivity index (χ0n) is 15.4. The van der Waals surface area contributed by atoms with Gasteiger partial charge in [-0.15, -0.1) is 0 Å². The first kappa shape index (κ1) is 19.8. The average Bonchev–Trinajstić information content (AvgIpc) is 2.59. The van der Waals surface area contributed by atoms with E-state index >= 15 is 0 Å². The molecule has 0 atom stereocenters. The maximum Gasteiger partial charge on any atom is 0.335 e. The largest absolute Gasteiger partial charge is 0.478 e. The fourth-order valence-corrected chi connectivity index (χ4v) is 4.17. The number of rotatable bonds is 7. The fraction of sp³-hybridized carbons (Fsp3) is 0.316. The summed E-state index contributed by atoms with van der Waals surface area (Å²) in [5.41, 5.74) is 2.53. The normalized spacial score (nSPS) is 11.2. The topological polar surface area (TPSA) is 86.7 Å². The molecule has 7 heteroatoms. The number of nitrogens with one attached hydrogen (secondary N) is 1. The van der Waals surface area contributed by atoms with Gasteiger partial charge in [-0.1, -0.05) is 0 Å². The first-order valence-electron chi connectivity index (χ1n) is 8.42. The van der Waals surface area contributed by atoms with Crippen LogP contribution in [0.25, 0.3) is 0 Å². The second-order valence-corrected chi connectivity index (χ2v) is 7.70. The van der Waals surface area contributed by atoms with Gasteiger partial charge in [0.05, 0.1) is 10.5 Å². The molecule has 140 valence electrons. The number of aromatic carboxylic acids is 1. The molecule has 0 spiro atoms. The van der Waals surface area contributed by atoms with Gasteiger partial charge in [-0.05, 0) is 75.2 Å². The molecule has 0 heterocycles. The van der Waals surface area contributed by atoms with Crippen molar-refractivity contribution < 1.29 is 18.3 Å². The molecule has 2 N–H and O–H groups in total. The number of carbonyl (C=O) groups is 1. The monoisotopic (exact) mass is 376 g/mol. The Bertz CT molecular complexity index is 902. The van der Waals surface area contributed by atoms with Crippen molar-refractivity contribution >= 4 is 27.4 Å². The highest BCUT2D eigenvalue weighted by Crippen LogP contribution is 2.25. The van der Waals surface area contributed by atoms with Crippen molar-refractivity contribution in [2.24, 2.45) is 0 Å². The quantitative estimate of drug-likeness (QED) is 0.770. The highest BCUT2D eigenvalue weighted by molar-refractivity contribution is 7.92. The zero-order chi connectivity index (χ0) is 19.5. The highest BCUT2D eigenvalue weighted by atomic mass is 32.2. The first-order valence-corrected chi connectivity index (χ1v) is 9.90. The van der Waals surface area contributed by atoms with E-state index in [-0.39, 0.29) is 10.5 Å². The minimum atomic E-state index is -3.89. The molecule has 0 radical (unpaired) electrons. The molecule has 2 aromatic rings. The van der Waals surface area contributed by atoms with Crippen LogP contribution < -0.4 is 9.62 Å². The lowest BCUT2D eigenvalue weighted by Gasteiger charge is -2.21. The Morgan fingerprint density at radius 1 is 1.08 bits per heavy atom. The predicted octanol–water partition coefficient (Wildman–Crippen LogP) is 3.65. The van der Waals surface area contributed by atoms with E-state index in [0.717, 1.165) is 18.8 Å². The van der Waals surface area contributed by atoms with Crippen LogP contribution in [0.5, 0.6) is 0 Å². The maximum absolute atomic E-state index is 12.8. The number of carboxylic acid groups (broad SMARTS) is 1. The molecule has 0 aliphatic rings. The summed E-state index contributed by atoms with van der Waals surface area (Å²) in [6.07, 6.45) is 0. The third-order valence-electron chi connectivity index (χ3n) is 4.40. The maximum atomic E-state index is 12.8. The molecule has 2 rings (SSSR count). The summed E-state index contributed by atoms with van der Waals surface area (Å²) in [5.74, 6) is -1.16. The van der Waals surface area contributed by atoms with Crippen molar-refractivity contribution in [2.45, 2.75) is 32.6 Å². The van der Waals surface area contributed by atoms with Gasteiger partial charge in [0.15, 0.2) is 0 Å². The molecule has 0 saturated carbocycles. The molecule has 0 aromatic heterocycles. The van der Waals surface area contributed by atoms with Crippen LogP contribution in [0.1, 0.15) is 35.3 Å². The van der Waals surface area contributed by atoms with Gasteiger partial charge < -0.3 is 10.0 Å². The van der Waals surface area contributed by atoms with Crippen LogP contribution in [0, 0.1) is 13.8 Å². The second-order valence-electron chi connectivity index (χ2n) is 6.05. The molecule has 0 saturated heterocycles. The van der Waals surface area contributed by atoms with Gasteiger partial charge in [0.25, 0.3) is 10.0 Å². The Morgan fingerprint density at radius 3 is 2.15 bits per heavy atom. The smallest absolute Gasteiger partial charge is 0.335 e. The molecule has 0 aliphatic carbocycles. The van der Waals surface area contributed by atoms with Crippen LogP contribution >= 0.6 is 0 Å². The van der Waals surface area contributed by atoms with E-state index < -0.39 is 16.0 Å². The molecule has 0 unspecified atom stereocenters. The summed E-state index contributed by atoms with van der Waals surface area (Å²) in [6, 6.07) is 9.78. The lowest BCUT2D eigenvalue weighted by atomic mass is 10.1. The van der Waals surface area contributed by atoms with Gasteiger partial charge in [-0.2, -0.15) is 0 Å². The summed E-state index contributed by atoms with van der Waals surface area (Å²) in [7, 11) is -3.89.